The lowest BCUT2D eigenvalue weighted by atomic mass is 10.4. The van der Waals surface area contributed by atoms with Crippen LogP contribution in [-0.2, 0) is 11.3 Å². The Morgan fingerprint density at radius 3 is 2.71 bits per heavy atom. The summed E-state index contributed by atoms with van der Waals surface area (Å²) in [6.07, 6.45) is 0. The number of nitrogens with two attached hydrogens (primary N) is 1. The number of ether oxygens (including phenoxy) is 1. The maximum absolute atomic E-state index is 10.4. The Morgan fingerprint density at radius 1 is 1.64 bits per heavy atom. The quantitative estimate of drug-likeness (QED) is 0.456. The third kappa shape index (κ3) is 2.06. The molecule has 0 saturated heterocycles. The molecule has 0 aliphatic rings. The first-order chi connectivity index (χ1) is 6.56. The summed E-state index contributed by atoms with van der Waals surface area (Å²) in [5.74, 6) is -0.0531. The standard InChI is InChI=1S/C6H7ClN4O3/c1-14-2-3-9-5(7)4(11(12)13)6(8)10-3/h2H2,1H3,(H2,8,9,10). The summed E-state index contributed by atoms with van der Waals surface area (Å²) in [7, 11) is 1.44. The first-order valence-corrected chi connectivity index (χ1v) is 3.89. The van der Waals surface area contributed by atoms with Crippen molar-refractivity contribution in [2.45, 2.75) is 6.61 Å². The lowest BCUT2D eigenvalue weighted by Crippen LogP contribution is -2.05. The number of halogens is 1. The summed E-state index contributed by atoms with van der Waals surface area (Å²) in [6.45, 7) is 0.0991. The van der Waals surface area contributed by atoms with Crippen molar-refractivity contribution in [3.05, 3.63) is 21.1 Å². The van der Waals surface area contributed by atoms with Crippen molar-refractivity contribution in [1.82, 2.24) is 9.97 Å². The van der Waals surface area contributed by atoms with Crippen molar-refractivity contribution in [3.63, 3.8) is 0 Å². The summed E-state index contributed by atoms with van der Waals surface area (Å²) < 4.78 is 4.73. The van der Waals surface area contributed by atoms with Gasteiger partial charge in [0.2, 0.25) is 11.0 Å². The van der Waals surface area contributed by atoms with Gasteiger partial charge in [-0.05, 0) is 0 Å². The maximum Gasteiger partial charge on any atom is 0.348 e. The zero-order chi connectivity index (χ0) is 10.7. The second-order valence-electron chi connectivity index (χ2n) is 2.35. The number of nitrogens with zero attached hydrogens (tertiary/aromatic N) is 3. The number of methoxy groups -OCH3 is 1. The minimum Gasteiger partial charge on any atom is -0.378 e. The molecule has 1 rings (SSSR count). The monoisotopic (exact) mass is 218 g/mol. The number of nitrogen functional groups attached to an aromatic ring is 1. The van der Waals surface area contributed by atoms with Crippen LogP contribution >= 0.6 is 11.6 Å². The predicted octanol–water partition coefficient (Wildman–Crippen LogP) is 0.767. The number of hydrogen-bond donors (Lipinski definition) is 1. The van der Waals surface area contributed by atoms with Crippen LogP contribution in [0.1, 0.15) is 5.82 Å². The number of aromatic nitrogens is 2. The van der Waals surface area contributed by atoms with E-state index in [1.807, 2.05) is 0 Å². The van der Waals surface area contributed by atoms with Gasteiger partial charge in [0.25, 0.3) is 0 Å². The smallest absolute Gasteiger partial charge is 0.348 e. The van der Waals surface area contributed by atoms with Gasteiger partial charge in [0.05, 0.1) is 4.92 Å². The predicted molar refractivity (Wildman–Crippen MR) is 48.8 cm³/mol. The number of hydrogen-bond acceptors (Lipinski definition) is 6. The van der Waals surface area contributed by atoms with Crippen LogP contribution in [0.25, 0.3) is 0 Å². The molecule has 8 heteroatoms. The molecule has 0 saturated carbocycles. The van der Waals surface area contributed by atoms with E-state index >= 15 is 0 Å². The van der Waals surface area contributed by atoms with Crippen LogP contribution in [-0.4, -0.2) is 22.0 Å². The number of rotatable bonds is 3. The highest BCUT2D eigenvalue weighted by atomic mass is 35.5. The van der Waals surface area contributed by atoms with Crippen molar-refractivity contribution >= 4 is 23.1 Å². The Kier molecular flexibility index (Phi) is 3.15. The Bertz CT molecular complexity index is 347. The fourth-order valence-corrected chi connectivity index (χ4v) is 1.11. The zero-order valence-electron chi connectivity index (χ0n) is 7.23. The van der Waals surface area contributed by atoms with Crippen LogP contribution in [0.2, 0.25) is 5.15 Å². The molecule has 0 radical (unpaired) electrons. The van der Waals surface area contributed by atoms with Crippen molar-refractivity contribution in [2.75, 3.05) is 12.8 Å². The van der Waals surface area contributed by atoms with E-state index in [4.69, 9.17) is 22.1 Å². The Labute approximate surface area is 84.0 Å². The van der Waals surface area contributed by atoms with Gasteiger partial charge in [-0.15, -0.1) is 0 Å². The van der Waals surface area contributed by atoms with E-state index in [1.54, 1.807) is 0 Å². The van der Waals surface area contributed by atoms with Gasteiger partial charge in [0.1, 0.15) is 6.61 Å². The van der Waals surface area contributed by atoms with Gasteiger partial charge in [-0.2, -0.15) is 0 Å². The normalized spacial score (nSPS) is 10.1. The average Bonchev–Trinajstić information content (AvgIpc) is 2.01. The van der Waals surface area contributed by atoms with Gasteiger partial charge in [-0.1, -0.05) is 11.6 Å². The van der Waals surface area contributed by atoms with Crippen LogP contribution in [0.4, 0.5) is 11.5 Å². The van der Waals surface area contributed by atoms with Crippen molar-refractivity contribution in [1.29, 1.82) is 0 Å². The minimum absolute atomic E-state index is 0.0991. The molecule has 76 valence electrons. The third-order valence-electron chi connectivity index (χ3n) is 1.37. The first kappa shape index (κ1) is 10.6. The van der Waals surface area contributed by atoms with E-state index in [-0.39, 0.29) is 23.4 Å². The Hall–Kier alpha value is -1.47. The van der Waals surface area contributed by atoms with Crippen LogP contribution in [0, 0.1) is 10.1 Å². The molecular formula is C6H7ClN4O3. The van der Waals surface area contributed by atoms with Gasteiger partial charge < -0.3 is 10.5 Å². The van der Waals surface area contributed by atoms with Crippen LogP contribution in [0.3, 0.4) is 0 Å². The summed E-state index contributed by atoms with van der Waals surface area (Å²) in [6, 6.07) is 0. The lowest BCUT2D eigenvalue weighted by molar-refractivity contribution is -0.384. The highest BCUT2D eigenvalue weighted by Crippen LogP contribution is 2.26. The molecule has 0 aromatic carbocycles. The van der Waals surface area contributed by atoms with Gasteiger partial charge in [-0.3, -0.25) is 10.1 Å². The van der Waals surface area contributed by atoms with E-state index in [9.17, 15) is 10.1 Å². The van der Waals surface area contributed by atoms with E-state index in [0.29, 0.717) is 0 Å². The summed E-state index contributed by atoms with van der Waals surface area (Å²) in [4.78, 5) is 17.0. The molecule has 7 nitrogen and oxygen atoms in total. The average molecular weight is 219 g/mol. The molecule has 0 aliphatic carbocycles. The molecule has 0 spiro atoms. The molecule has 0 atom stereocenters. The molecule has 0 unspecified atom stereocenters. The first-order valence-electron chi connectivity index (χ1n) is 3.51. The summed E-state index contributed by atoms with van der Waals surface area (Å²) >= 11 is 5.54. The van der Waals surface area contributed by atoms with Gasteiger partial charge in [-0.25, -0.2) is 9.97 Å². The highest BCUT2D eigenvalue weighted by Gasteiger charge is 2.21. The molecule has 2 N–H and O–H groups in total. The van der Waals surface area contributed by atoms with Crippen LogP contribution in [0.15, 0.2) is 0 Å². The second-order valence-corrected chi connectivity index (χ2v) is 2.71. The molecule has 14 heavy (non-hydrogen) atoms. The Balaban J connectivity index is 3.18. The molecule has 0 fully saturated rings. The van der Waals surface area contributed by atoms with Crippen molar-refractivity contribution in [3.8, 4) is 0 Å². The topological polar surface area (TPSA) is 104 Å². The van der Waals surface area contributed by atoms with Crippen molar-refractivity contribution in [2.24, 2.45) is 0 Å². The van der Waals surface area contributed by atoms with Crippen molar-refractivity contribution < 1.29 is 9.66 Å². The molecule has 0 bridgehead atoms. The SMILES string of the molecule is COCc1nc(N)c([N+](=O)[O-])c(Cl)n1. The minimum atomic E-state index is -0.728. The molecule has 1 aromatic rings. The fourth-order valence-electron chi connectivity index (χ4n) is 0.851. The van der Waals surface area contributed by atoms with Crippen LogP contribution in [0.5, 0.6) is 0 Å². The molecular weight excluding hydrogens is 212 g/mol. The summed E-state index contributed by atoms with van der Waals surface area (Å²) in [5.41, 5.74) is 4.84. The molecule has 0 amide bonds. The van der Waals surface area contributed by atoms with Gasteiger partial charge in [0, 0.05) is 7.11 Å². The van der Waals surface area contributed by atoms with Gasteiger partial charge >= 0.3 is 5.69 Å². The maximum atomic E-state index is 10.4. The Morgan fingerprint density at radius 2 is 2.29 bits per heavy atom. The van der Waals surface area contributed by atoms with E-state index < -0.39 is 10.6 Å². The zero-order valence-corrected chi connectivity index (χ0v) is 7.98. The number of anilines is 1. The van der Waals surface area contributed by atoms with E-state index in [2.05, 4.69) is 9.97 Å². The van der Waals surface area contributed by atoms with Gasteiger partial charge in [0.15, 0.2) is 5.82 Å². The molecule has 0 aliphatic heterocycles. The van der Waals surface area contributed by atoms with Crippen LogP contribution < -0.4 is 5.73 Å². The van der Waals surface area contributed by atoms with E-state index in [0.717, 1.165) is 0 Å². The fraction of sp³-hybridized carbons (Fsp3) is 0.333. The number of nitro groups is 1. The second kappa shape index (κ2) is 4.16. The molecule has 1 aromatic heterocycles. The van der Waals surface area contributed by atoms with E-state index in [1.165, 1.54) is 7.11 Å². The largest absolute Gasteiger partial charge is 0.378 e. The summed E-state index contributed by atoms with van der Waals surface area (Å²) in [5, 5.41) is 10.2. The highest BCUT2D eigenvalue weighted by molar-refractivity contribution is 6.31. The third-order valence-corrected chi connectivity index (χ3v) is 1.63. The molecule has 1 heterocycles. The lowest BCUT2D eigenvalue weighted by Gasteiger charge is -2.01.